The van der Waals surface area contributed by atoms with Crippen molar-refractivity contribution in [2.24, 2.45) is 0 Å². The Balaban J connectivity index is 1.87. The van der Waals surface area contributed by atoms with Crippen molar-refractivity contribution in [3.63, 3.8) is 0 Å². The van der Waals surface area contributed by atoms with Crippen LogP contribution in [0.4, 0.5) is 0 Å². The van der Waals surface area contributed by atoms with Gasteiger partial charge in [-0.05, 0) is 53.4 Å². The van der Waals surface area contributed by atoms with E-state index >= 15 is 0 Å². The number of nitrogens with zero attached hydrogens (tertiary/aromatic N) is 1. The number of carbonyl (C=O) groups is 1. The minimum Gasteiger partial charge on any atom is -0.332 e. The summed E-state index contributed by atoms with van der Waals surface area (Å²) in [5.41, 5.74) is 2.03. The van der Waals surface area contributed by atoms with Gasteiger partial charge in [-0.1, -0.05) is 22.0 Å². The van der Waals surface area contributed by atoms with Gasteiger partial charge in [0.05, 0.1) is 6.04 Å². The Morgan fingerprint density at radius 3 is 3.00 bits per heavy atom. The van der Waals surface area contributed by atoms with E-state index in [4.69, 9.17) is 0 Å². The summed E-state index contributed by atoms with van der Waals surface area (Å²) in [6.45, 7) is 0.853. The predicted molar refractivity (Wildman–Crippen MR) is 81.5 cm³/mol. The van der Waals surface area contributed by atoms with E-state index in [9.17, 15) is 4.79 Å². The van der Waals surface area contributed by atoms with Crippen LogP contribution in [0.3, 0.4) is 0 Å². The van der Waals surface area contributed by atoms with Gasteiger partial charge in [-0.15, -0.1) is 0 Å². The molecule has 3 rings (SSSR count). The third-order valence-corrected chi connectivity index (χ3v) is 4.71. The highest BCUT2D eigenvalue weighted by atomic mass is 79.9. The molecule has 0 N–H and O–H groups in total. The Morgan fingerprint density at radius 2 is 2.26 bits per heavy atom. The first-order valence-electron chi connectivity index (χ1n) is 6.34. The molecule has 4 heteroatoms. The van der Waals surface area contributed by atoms with E-state index in [0.29, 0.717) is 0 Å². The maximum Gasteiger partial charge on any atom is 0.254 e. The maximum absolute atomic E-state index is 12.6. The monoisotopic (exact) mass is 335 g/mol. The van der Waals surface area contributed by atoms with Gasteiger partial charge in [0.2, 0.25) is 0 Å². The number of likely N-dealkylation sites (tertiary alicyclic amines) is 1. The molecule has 98 valence electrons. The Labute approximate surface area is 125 Å². The normalized spacial score (nSPS) is 18.8. The van der Waals surface area contributed by atoms with Crippen molar-refractivity contribution in [1.82, 2.24) is 4.90 Å². The lowest BCUT2D eigenvalue weighted by Gasteiger charge is -2.24. The van der Waals surface area contributed by atoms with Gasteiger partial charge in [0.1, 0.15) is 0 Å². The third-order valence-electron chi connectivity index (χ3n) is 3.51. The van der Waals surface area contributed by atoms with Crippen molar-refractivity contribution < 1.29 is 4.79 Å². The lowest BCUT2D eigenvalue weighted by Crippen LogP contribution is -2.30. The zero-order valence-corrected chi connectivity index (χ0v) is 12.8. The van der Waals surface area contributed by atoms with E-state index in [1.807, 2.05) is 29.2 Å². The fourth-order valence-electron chi connectivity index (χ4n) is 2.61. The minimum atomic E-state index is 0.134. The highest BCUT2D eigenvalue weighted by Gasteiger charge is 2.30. The van der Waals surface area contributed by atoms with Crippen molar-refractivity contribution in [3.05, 3.63) is 56.7 Å². The molecule has 0 radical (unpaired) electrons. The minimum absolute atomic E-state index is 0.134. The van der Waals surface area contributed by atoms with Gasteiger partial charge in [0, 0.05) is 16.6 Å². The smallest absolute Gasteiger partial charge is 0.254 e. The summed E-state index contributed by atoms with van der Waals surface area (Å²) in [5.74, 6) is 0.134. The molecule has 2 nitrogen and oxygen atoms in total. The van der Waals surface area contributed by atoms with Crippen LogP contribution in [-0.2, 0) is 0 Å². The molecule has 1 aliphatic heterocycles. The summed E-state index contributed by atoms with van der Waals surface area (Å²) >= 11 is 5.12. The standard InChI is InChI=1S/C15H14BrNOS/c16-13-4-1-3-11(9-13)15(18)17-7-2-5-14(17)12-6-8-19-10-12/h1,3-4,6,8-10,14H,2,5,7H2/t14-/m1/s1. The average molecular weight is 336 g/mol. The molecule has 1 aromatic heterocycles. The molecule has 0 unspecified atom stereocenters. The summed E-state index contributed by atoms with van der Waals surface area (Å²) in [5, 5.41) is 4.23. The van der Waals surface area contributed by atoms with Gasteiger partial charge in [-0.2, -0.15) is 11.3 Å². The molecule has 1 aliphatic rings. The quantitative estimate of drug-likeness (QED) is 0.791. The Morgan fingerprint density at radius 1 is 1.37 bits per heavy atom. The summed E-state index contributed by atoms with van der Waals surface area (Å²) < 4.78 is 0.949. The molecule has 19 heavy (non-hydrogen) atoms. The van der Waals surface area contributed by atoms with E-state index in [0.717, 1.165) is 29.4 Å². The topological polar surface area (TPSA) is 20.3 Å². The molecule has 2 aromatic rings. The van der Waals surface area contributed by atoms with Gasteiger partial charge in [0.15, 0.2) is 0 Å². The number of hydrogen-bond acceptors (Lipinski definition) is 2. The highest BCUT2D eigenvalue weighted by molar-refractivity contribution is 9.10. The number of hydrogen-bond donors (Lipinski definition) is 0. The van der Waals surface area contributed by atoms with E-state index in [-0.39, 0.29) is 11.9 Å². The second-order valence-corrected chi connectivity index (χ2v) is 6.42. The summed E-state index contributed by atoms with van der Waals surface area (Å²) in [4.78, 5) is 14.6. The van der Waals surface area contributed by atoms with Crippen LogP contribution in [-0.4, -0.2) is 17.4 Å². The zero-order chi connectivity index (χ0) is 13.2. The number of thiophene rings is 1. The van der Waals surface area contributed by atoms with Crippen LogP contribution in [0, 0.1) is 0 Å². The first kappa shape index (κ1) is 12.9. The van der Waals surface area contributed by atoms with Crippen molar-refractivity contribution >= 4 is 33.2 Å². The van der Waals surface area contributed by atoms with Crippen molar-refractivity contribution in [1.29, 1.82) is 0 Å². The molecule has 1 aromatic carbocycles. The van der Waals surface area contributed by atoms with Gasteiger partial charge >= 0.3 is 0 Å². The lowest BCUT2D eigenvalue weighted by molar-refractivity contribution is 0.0736. The second-order valence-electron chi connectivity index (χ2n) is 4.72. The maximum atomic E-state index is 12.6. The average Bonchev–Trinajstić information content (AvgIpc) is 3.08. The SMILES string of the molecule is O=C(c1cccc(Br)c1)N1CCC[C@@H]1c1ccsc1. The van der Waals surface area contributed by atoms with E-state index in [1.54, 1.807) is 11.3 Å². The molecular formula is C15H14BrNOS. The number of carbonyl (C=O) groups excluding carboxylic acids is 1. The number of benzene rings is 1. The fourth-order valence-corrected chi connectivity index (χ4v) is 3.71. The van der Waals surface area contributed by atoms with Crippen LogP contribution in [0.1, 0.15) is 34.8 Å². The molecule has 1 saturated heterocycles. The zero-order valence-electron chi connectivity index (χ0n) is 10.4. The fraction of sp³-hybridized carbons (Fsp3) is 0.267. The van der Waals surface area contributed by atoms with Crippen LogP contribution in [0.5, 0.6) is 0 Å². The van der Waals surface area contributed by atoms with Crippen LogP contribution in [0.2, 0.25) is 0 Å². The summed E-state index contributed by atoms with van der Waals surface area (Å²) in [7, 11) is 0. The predicted octanol–water partition coefficient (Wildman–Crippen LogP) is 4.49. The van der Waals surface area contributed by atoms with Gasteiger partial charge in [-0.3, -0.25) is 4.79 Å². The summed E-state index contributed by atoms with van der Waals surface area (Å²) in [6, 6.07) is 10.0. The molecule has 0 aliphatic carbocycles. The lowest BCUT2D eigenvalue weighted by atomic mass is 10.1. The molecule has 0 spiro atoms. The molecule has 1 atom stereocenters. The highest BCUT2D eigenvalue weighted by Crippen LogP contribution is 2.34. The third kappa shape index (κ3) is 2.60. The molecular weight excluding hydrogens is 322 g/mol. The molecule has 2 heterocycles. The van der Waals surface area contributed by atoms with Crippen molar-refractivity contribution in [3.8, 4) is 0 Å². The van der Waals surface area contributed by atoms with Gasteiger partial charge in [-0.25, -0.2) is 0 Å². The first-order valence-corrected chi connectivity index (χ1v) is 8.08. The Hall–Kier alpha value is -1.13. The Bertz CT molecular complexity index is 582. The number of rotatable bonds is 2. The van der Waals surface area contributed by atoms with Crippen LogP contribution in [0.15, 0.2) is 45.6 Å². The van der Waals surface area contributed by atoms with Gasteiger partial charge in [0.25, 0.3) is 5.91 Å². The van der Waals surface area contributed by atoms with E-state index < -0.39 is 0 Å². The second kappa shape index (κ2) is 5.47. The Kier molecular flexibility index (Phi) is 3.71. The number of amides is 1. The van der Waals surface area contributed by atoms with E-state index in [1.165, 1.54) is 5.56 Å². The van der Waals surface area contributed by atoms with Crippen LogP contribution >= 0.6 is 27.3 Å². The summed E-state index contributed by atoms with van der Waals surface area (Å²) in [6.07, 6.45) is 2.15. The van der Waals surface area contributed by atoms with Crippen molar-refractivity contribution in [2.75, 3.05) is 6.54 Å². The molecule has 0 bridgehead atoms. The van der Waals surface area contributed by atoms with E-state index in [2.05, 4.69) is 32.8 Å². The first-order chi connectivity index (χ1) is 9.25. The largest absolute Gasteiger partial charge is 0.332 e. The van der Waals surface area contributed by atoms with Crippen molar-refractivity contribution in [2.45, 2.75) is 18.9 Å². The number of halogens is 1. The molecule has 0 saturated carbocycles. The molecule has 1 fully saturated rings. The van der Waals surface area contributed by atoms with Gasteiger partial charge < -0.3 is 4.90 Å². The van der Waals surface area contributed by atoms with Crippen LogP contribution in [0.25, 0.3) is 0 Å². The van der Waals surface area contributed by atoms with Crippen LogP contribution < -0.4 is 0 Å². The molecule has 1 amide bonds.